The molecule has 0 amide bonds. The van der Waals surface area contributed by atoms with Crippen molar-refractivity contribution in [3.63, 3.8) is 0 Å². The van der Waals surface area contributed by atoms with Gasteiger partial charge in [-0.3, -0.25) is 4.98 Å². The molecule has 17 heavy (non-hydrogen) atoms. The first-order chi connectivity index (χ1) is 8.34. The zero-order valence-corrected chi connectivity index (χ0v) is 10.3. The average molecular weight is 244 g/mol. The van der Waals surface area contributed by atoms with Crippen LogP contribution in [-0.4, -0.2) is 10.4 Å². The highest BCUT2D eigenvalue weighted by atomic mass is 35.5. The minimum Gasteiger partial charge on any atom is -0.264 e. The van der Waals surface area contributed by atoms with Gasteiger partial charge < -0.3 is 0 Å². The quantitative estimate of drug-likeness (QED) is 0.676. The largest absolute Gasteiger partial charge is 0.264 e. The Bertz CT molecular complexity index is 569. The third-order valence-electron chi connectivity index (χ3n) is 3.33. The molecule has 0 spiro atoms. The smallest absolute Gasteiger partial charge is 0.0522 e. The number of benzene rings is 1. The van der Waals surface area contributed by atoms with Crippen molar-refractivity contribution in [3.8, 4) is 0 Å². The number of fused-ring (bicyclic) bond motifs is 1. The number of nitrogens with zero attached hydrogens (tertiary/aromatic N) is 1. The van der Waals surface area contributed by atoms with Crippen LogP contribution in [0, 0.1) is 0 Å². The summed E-state index contributed by atoms with van der Waals surface area (Å²) >= 11 is 6.22. The van der Waals surface area contributed by atoms with Crippen molar-refractivity contribution >= 4 is 27.9 Å². The summed E-state index contributed by atoms with van der Waals surface area (Å²) in [6.07, 6.45) is 9.39. The van der Waals surface area contributed by atoms with Crippen molar-refractivity contribution in [2.75, 3.05) is 0 Å². The second kappa shape index (κ2) is 4.50. The van der Waals surface area contributed by atoms with Crippen molar-refractivity contribution in [1.29, 1.82) is 0 Å². The van der Waals surface area contributed by atoms with Gasteiger partial charge in [0.25, 0.3) is 0 Å². The van der Waals surface area contributed by atoms with Gasteiger partial charge in [-0.1, -0.05) is 24.3 Å². The van der Waals surface area contributed by atoms with Crippen molar-refractivity contribution < 1.29 is 0 Å². The van der Waals surface area contributed by atoms with Gasteiger partial charge in [0.1, 0.15) is 0 Å². The minimum absolute atomic E-state index is 0.191. The van der Waals surface area contributed by atoms with Crippen LogP contribution in [0.1, 0.15) is 24.8 Å². The van der Waals surface area contributed by atoms with Gasteiger partial charge in [0, 0.05) is 17.8 Å². The van der Waals surface area contributed by atoms with Crippen LogP contribution >= 0.6 is 11.6 Å². The van der Waals surface area contributed by atoms with E-state index in [0.29, 0.717) is 0 Å². The summed E-state index contributed by atoms with van der Waals surface area (Å²) in [6.45, 7) is 0. The minimum atomic E-state index is 0.191. The number of aromatic nitrogens is 1. The van der Waals surface area contributed by atoms with E-state index in [9.17, 15) is 0 Å². The van der Waals surface area contributed by atoms with E-state index in [1.807, 2.05) is 12.4 Å². The Labute approximate surface area is 106 Å². The molecule has 2 heteroatoms. The Balaban J connectivity index is 2.17. The molecule has 0 bridgehead atoms. The van der Waals surface area contributed by atoms with Gasteiger partial charge >= 0.3 is 0 Å². The van der Waals surface area contributed by atoms with E-state index in [0.717, 1.165) is 12.8 Å². The Morgan fingerprint density at radius 1 is 1.24 bits per heavy atom. The van der Waals surface area contributed by atoms with Crippen molar-refractivity contribution in [3.05, 3.63) is 48.3 Å². The lowest BCUT2D eigenvalue weighted by molar-refractivity contribution is 0.748. The zero-order valence-electron chi connectivity index (χ0n) is 9.57. The van der Waals surface area contributed by atoms with E-state index >= 15 is 0 Å². The van der Waals surface area contributed by atoms with Crippen LogP contribution in [0.25, 0.3) is 16.3 Å². The van der Waals surface area contributed by atoms with Gasteiger partial charge in [0.2, 0.25) is 0 Å². The topological polar surface area (TPSA) is 12.9 Å². The summed E-state index contributed by atoms with van der Waals surface area (Å²) in [5.74, 6) is 0. The summed E-state index contributed by atoms with van der Waals surface area (Å²) < 4.78 is 0. The standard InChI is InChI=1S/C15H14ClN/c16-13-5-1-3-11(9-13)14-6-2-4-12-10-17-8-7-15(12)14/h2,4,6-10,13H,1,3,5H2. The highest BCUT2D eigenvalue weighted by Gasteiger charge is 2.14. The number of hydrogen-bond acceptors (Lipinski definition) is 1. The second-order valence-electron chi connectivity index (χ2n) is 4.50. The third-order valence-corrected chi connectivity index (χ3v) is 3.68. The molecule has 1 atom stereocenters. The first-order valence-corrected chi connectivity index (χ1v) is 6.46. The molecule has 3 rings (SSSR count). The highest BCUT2D eigenvalue weighted by molar-refractivity contribution is 6.22. The molecule has 0 fully saturated rings. The highest BCUT2D eigenvalue weighted by Crippen LogP contribution is 2.32. The van der Waals surface area contributed by atoms with Crippen molar-refractivity contribution in [1.82, 2.24) is 4.98 Å². The maximum absolute atomic E-state index is 6.22. The summed E-state index contributed by atoms with van der Waals surface area (Å²) in [6, 6.07) is 8.47. The van der Waals surface area contributed by atoms with E-state index in [1.54, 1.807) is 0 Å². The molecule has 1 heterocycles. The number of halogens is 1. The summed E-state index contributed by atoms with van der Waals surface area (Å²) in [4.78, 5) is 4.17. The molecule has 1 aromatic heterocycles. The van der Waals surface area contributed by atoms with Crippen LogP contribution < -0.4 is 0 Å². The van der Waals surface area contributed by atoms with E-state index in [4.69, 9.17) is 11.6 Å². The zero-order chi connectivity index (χ0) is 11.7. The first-order valence-electron chi connectivity index (χ1n) is 6.02. The maximum atomic E-state index is 6.22. The van der Waals surface area contributed by atoms with Gasteiger partial charge in [-0.25, -0.2) is 0 Å². The van der Waals surface area contributed by atoms with Crippen LogP contribution in [0.4, 0.5) is 0 Å². The lowest BCUT2D eigenvalue weighted by atomic mass is 9.91. The van der Waals surface area contributed by atoms with Gasteiger partial charge in [-0.15, -0.1) is 11.6 Å². The molecule has 0 N–H and O–H groups in total. The maximum Gasteiger partial charge on any atom is 0.0522 e. The van der Waals surface area contributed by atoms with Gasteiger partial charge in [0.15, 0.2) is 0 Å². The number of allylic oxidation sites excluding steroid dienone is 2. The molecule has 1 aliphatic rings. The first kappa shape index (κ1) is 10.8. The van der Waals surface area contributed by atoms with Crippen molar-refractivity contribution in [2.45, 2.75) is 24.6 Å². The summed E-state index contributed by atoms with van der Waals surface area (Å²) in [5.41, 5.74) is 2.70. The van der Waals surface area contributed by atoms with Crippen LogP contribution in [0.2, 0.25) is 0 Å². The van der Waals surface area contributed by atoms with Crippen molar-refractivity contribution in [2.24, 2.45) is 0 Å². The number of pyridine rings is 1. The Hall–Kier alpha value is -1.34. The molecule has 1 aromatic carbocycles. The second-order valence-corrected chi connectivity index (χ2v) is 5.06. The molecule has 2 aromatic rings. The predicted octanol–water partition coefficient (Wildman–Crippen LogP) is 4.41. The lowest BCUT2D eigenvalue weighted by Crippen LogP contribution is -2.03. The summed E-state index contributed by atoms with van der Waals surface area (Å²) in [7, 11) is 0. The van der Waals surface area contributed by atoms with Crippen LogP contribution in [-0.2, 0) is 0 Å². The normalized spacial score (nSPS) is 20.3. The fourth-order valence-electron chi connectivity index (χ4n) is 2.50. The summed E-state index contributed by atoms with van der Waals surface area (Å²) in [5, 5.41) is 2.66. The average Bonchev–Trinajstić information content (AvgIpc) is 2.38. The molecule has 1 aliphatic carbocycles. The van der Waals surface area contributed by atoms with Crippen LogP contribution in [0.5, 0.6) is 0 Å². The number of alkyl halides is 1. The van der Waals surface area contributed by atoms with E-state index < -0.39 is 0 Å². The molecule has 0 saturated heterocycles. The van der Waals surface area contributed by atoms with E-state index in [-0.39, 0.29) is 5.38 Å². The molecule has 86 valence electrons. The molecule has 0 saturated carbocycles. The number of hydrogen-bond donors (Lipinski definition) is 0. The molecular weight excluding hydrogens is 230 g/mol. The SMILES string of the molecule is ClC1C=C(c2cccc3cnccc23)CCC1. The molecule has 1 unspecified atom stereocenters. The fraction of sp³-hybridized carbons (Fsp3) is 0.267. The molecule has 1 nitrogen and oxygen atoms in total. The lowest BCUT2D eigenvalue weighted by Gasteiger charge is -2.18. The van der Waals surface area contributed by atoms with E-state index in [1.165, 1.54) is 28.3 Å². The number of rotatable bonds is 1. The van der Waals surface area contributed by atoms with Gasteiger partial charge in [-0.2, -0.15) is 0 Å². The Morgan fingerprint density at radius 3 is 3.06 bits per heavy atom. The molecule has 0 radical (unpaired) electrons. The van der Waals surface area contributed by atoms with Gasteiger partial charge in [0.05, 0.1) is 5.38 Å². The molecule has 0 aliphatic heterocycles. The third kappa shape index (κ3) is 2.07. The Kier molecular flexibility index (Phi) is 2.86. The van der Waals surface area contributed by atoms with Crippen LogP contribution in [0.15, 0.2) is 42.7 Å². The monoisotopic (exact) mass is 243 g/mol. The van der Waals surface area contributed by atoms with Crippen LogP contribution in [0.3, 0.4) is 0 Å². The van der Waals surface area contributed by atoms with Gasteiger partial charge in [-0.05, 0) is 41.9 Å². The fourth-order valence-corrected chi connectivity index (χ4v) is 2.81. The van der Waals surface area contributed by atoms with E-state index in [2.05, 4.69) is 35.3 Å². The molecular formula is C15H14ClN. The predicted molar refractivity (Wildman–Crippen MR) is 73.2 cm³/mol. The Morgan fingerprint density at radius 2 is 2.18 bits per heavy atom.